The minimum Gasteiger partial charge on any atom is -0.332 e. The first-order valence-electron chi connectivity index (χ1n) is 8.20. The average molecular weight is 327 g/mol. The number of carbonyl (C=O) groups excluding carboxylic acids is 1. The van der Waals surface area contributed by atoms with Crippen molar-refractivity contribution in [1.82, 2.24) is 14.9 Å². The molecule has 4 rings (SSSR count). The van der Waals surface area contributed by atoms with Gasteiger partial charge in [-0.2, -0.15) is 0 Å². The lowest BCUT2D eigenvalue weighted by Crippen LogP contribution is -2.42. The molecule has 2 atom stereocenters. The summed E-state index contributed by atoms with van der Waals surface area (Å²) in [4.78, 5) is 34.2. The number of benzene rings is 1. The molecule has 0 unspecified atom stereocenters. The minimum atomic E-state index is -0.504. The highest BCUT2D eigenvalue weighted by Gasteiger charge is 2.41. The maximum Gasteiger partial charge on any atom is 0.257 e. The number of halogens is 1. The Morgan fingerprint density at radius 2 is 1.96 bits per heavy atom. The quantitative estimate of drug-likeness (QED) is 0.871. The number of aryl methyl sites for hydroxylation is 1. The molecule has 1 amide bonds. The van der Waals surface area contributed by atoms with E-state index in [0.29, 0.717) is 24.2 Å². The van der Waals surface area contributed by atoms with Crippen molar-refractivity contribution in [2.24, 2.45) is 0 Å². The van der Waals surface area contributed by atoms with E-state index in [-0.39, 0.29) is 29.1 Å². The minimum absolute atomic E-state index is 0.0305. The molecular formula is C18H18FN3O2. The Morgan fingerprint density at radius 3 is 2.71 bits per heavy atom. The first-order chi connectivity index (χ1) is 11.5. The fraction of sp³-hybridized carbons (Fsp3) is 0.389. The summed E-state index contributed by atoms with van der Waals surface area (Å²) in [7, 11) is 0. The molecule has 0 spiro atoms. The standard InChI is InChI=1S/C18H18FN3O2/c1-10-20-16-9-12-7-6-11(8-14(16)17(23)21-10)22(12)18(24)13-4-2-3-5-15(13)19/h2-5,11-12H,6-9H2,1H3,(H,20,21,23)/t11-,12-/m0/s1. The molecule has 2 bridgehead atoms. The Labute approximate surface area is 138 Å². The van der Waals surface area contributed by atoms with E-state index in [1.807, 2.05) is 0 Å². The van der Waals surface area contributed by atoms with Crippen LogP contribution in [0.15, 0.2) is 29.1 Å². The summed E-state index contributed by atoms with van der Waals surface area (Å²) in [5.74, 6) is -0.208. The Hall–Kier alpha value is -2.50. The van der Waals surface area contributed by atoms with Gasteiger partial charge in [0.1, 0.15) is 11.6 Å². The number of rotatable bonds is 1. The fourth-order valence-electron chi connectivity index (χ4n) is 3.97. The van der Waals surface area contributed by atoms with Crippen LogP contribution in [0.1, 0.15) is 40.3 Å². The van der Waals surface area contributed by atoms with Gasteiger partial charge >= 0.3 is 0 Å². The van der Waals surface area contributed by atoms with Gasteiger partial charge in [0.15, 0.2) is 0 Å². The first-order valence-corrected chi connectivity index (χ1v) is 8.20. The third kappa shape index (κ3) is 2.33. The summed E-state index contributed by atoms with van der Waals surface area (Å²) >= 11 is 0. The van der Waals surface area contributed by atoms with Crippen LogP contribution in [0, 0.1) is 12.7 Å². The maximum atomic E-state index is 14.0. The molecule has 1 N–H and O–H groups in total. The molecule has 2 aromatic rings. The third-order valence-electron chi connectivity index (χ3n) is 5.05. The van der Waals surface area contributed by atoms with Crippen LogP contribution in [0.2, 0.25) is 0 Å². The topological polar surface area (TPSA) is 66.1 Å². The van der Waals surface area contributed by atoms with E-state index in [0.717, 1.165) is 18.5 Å². The number of fused-ring (bicyclic) bond motifs is 3. The van der Waals surface area contributed by atoms with Crippen LogP contribution in [-0.2, 0) is 12.8 Å². The highest BCUT2D eigenvalue weighted by Crippen LogP contribution is 2.34. The monoisotopic (exact) mass is 327 g/mol. The molecule has 0 saturated carbocycles. The number of hydrogen-bond donors (Lipinski definition) is 1. The van der Waals surface area contributed by atoms with Crippen LogP contribution in [0.3, 0.4) is 0 Å². The van der Waals surface area contributed by atoms with Crippen LogP contribution < -0.4 is 5.56 Å². The Morgan fingerprint density at radius 1 is 1.25 bits per heavy atom. The molecule has 0 aliphatic carbocycles. The van der Waals surface area contributed by atoms with Gasteiger partial charge in [0.25, 0.3) is 11.5 Å². The van der Waals surface area contributed by atoms with Crippen LogP contribution in [-0.4, -0.2) is 32.9 Å². The molecule has 6 heteroatoms. The van der Waals surface area contributed by atoms with Gasteiger partial charge in [-0.1, -0.05) is 12.1 Å². The molecule has 3 heterocycles. The van der Waals surface area contributed by atoms with Crippen molar-refractivity contribution >= 4 is 5.91 Å². The number of nitrogens with one attached hydrogen (secondary N) is 1. The van der Waals surface area contributed by atoms with Crippen LogP contribution in [0.4, 0.5) is 4.39 Å². The zero-order valence-corrected chi connectivity index (χ0v) is 13.4. The molecule has 0 radical (unpaired) electrons. The van der Waals surface area contributed by atoms with Gasteiger partial charge < -0.3 is 9.88 Å². The first kappa shape index (κ1) is 15.1. The van der Waals surface area contributed by atoms with Gasteiger partial charge in [-0.3, -0.25) is 9.59 Å². The molecule has 24 heavy (non-hydrogen) atoms. The van der Waals surface area contributed by atoms with Crippen molar-refractivity contribution in [3.63, 3.8) is 0 Å². The average Bonchev–Trinajstić information content (AvgIpc) is 2.83. The number of H-pyrrole nitrogens is 1. The molecule has 1 fully saturated rings. The van der Waals surface area contributed by atoms with E-state index >= 15 is 0 Å². The van der Waals surface area contributed by atoms with Gasteiger partial charge in [-0.15, -0.1) is 0 Å². The molecule has 1 saturated heterocycles. The lowest BCUT2D eigenvalue weighted by Gasteiger charge is -2.28. The zero-order chi connectivity index (χ0) is 16.8. The SMILES string of the molecule is Cc1nc2c(c(=O)[nH]1)C[C@@H]1CC[C@@H](C2)N1C(=O)c1ccccc1F. The van der Waals surface area contributed by atoms with Gasteiger partial charge in [0, 0.05) is 30.5 Å². The van der Waals surface area contributed by atoms with E-state index in [1.54, 1.807) is 24.0 Å². The summed E-state index contributed by atoms with van der Waals surface area (Å²) in [5, 5.41) is 0. The molecule has 5 nitrogen and oxygen atoms in total. The molecule has 1 aromatic heterocycles. The molecule has 2 aliphatic rings. The van der Waals surface area contributed by atoms with Crippen molar-refractivity contribution in [1.29, 1.82) is 0 Å². The lowest BCUT2D eigenvalue weighted by molar-refractivity contribution is 0.0668. The summed E-state index contributed by atoms with van der Waals surface area (Å²) in [6.45, 7) is 1.76. The molecule has 124 valence electrons. The number of aromatic nitrogens is 2. The zero-order valence-electron chi connectivity index (χ0n) is 13.4. The molecular weight excluding hydrogens is 309 g/mol. The van der Waals surface area contributed by atoms with Crippen molar-refractivity contribution in [2.75, 3.05) is 0 Å². The van der Waals surface area contributed by atoms with E-state index < -0.39 is 5.82 Å². The fourth-order valence-corrected chi connectivity index (χ4v) is 3.97. The Kier molecular flexibility index (Phi) is 3.48. The number of carbonyl (C=O) groups is 1. The highest BCUT2D eigenvalue weighted by molar-refractivity contribution is 5.95. The normalized spacial score (nSPS) is 22.2. The summed E-state index contributed by atoms with van der Waals surface area (Å²) in [6.07, 6.45) is 2.72. The predicted molar refractivity (Wildman–Crippen MR) is 86.4 cm³/mol. The van der Waals surface area contributed by atoms with E-state index in [1.165, 1.54) is 12.1 Å². The Bertz CT molecular complexity index is 877. The Balaban J connectivity index is 1.73. The summed E-state index contributed by atoms with van der Waals surface area (Å²) < 4.78 is 14.0. The number of hydrogen-bond acceptors (Lipinski definition) is 3. The van der Waals surface area contributed by atoms with Crippen molar-refractivity contribution in [2.45, 2.75) is 44.7 Å². The maximum absolute atomic E-state index is 14.0. The van der Waals surface area contributed by atoms with Gasteiger partial charge in [-0.05, 0) is 31.9 Å². The van der Waals surface area contributed by atoms with Gasteiger partial charge in [0.2, 0.25) is 0 Å². The summed E-state index contributed by atoms with van der Waals surface area (Å²) in [6, 6.07) is 5.96. The number of aromatic amines is 1. The van der Waals surface area contributed by atoms with Crippen LogP contribution in [0.5, 0.6) is 0 Å². The predicted octanol–water partition coefficient (Wildman–Crippen LogP) is 1.99. The molecule has 2 aliphatic heterocycles. The van der Waals surface area contributed by atoms with E-state index in [9.17, 15) is 14.0 Å². The van der Waals surface area contributed by atoms with Crippen LogP contribution >= 0.6 is 0 Å². The third-order valence-corrected chi connectivity index (χ3v) is 5.05. The largest absolute Gasteiger partial charge is 0.332 e. The van der Waals surface area contributed by atoms with Gasteiger partial charge in [-0.25, -0.2) is 9.37 Å². The number of nitrogens with zero attached hydrogens (tertiary/aromatic N) is 2. The number of amides is 1. The van der Waals surface area contributed by atoms with Crippen molar-refractivity contribution in [3.8, 4) is 0 Å². The lowest BCUT2D eigenvalue weighted by atomic mass is 9.98. The van der Waals surface area contributed by atoms with E-state index in [2.05, 4.69) is 9.97 Å². The molecule has 1 aromatic carbocycles. The van der Waals surface area contributed by atoms with Crippen molar-refractivity contribution < 1.29 is 9.18 Å². The highest BCUT2D eigenvalue weighted by atomic mass is 19.1. The summed E-state index contributed by atoms with van der Waals surface area (Å²) in [5.41, 5.74) is 1.41. The van der Waals surface area contributed by atoms with Crippen molar-refractivity contribution in [3.05, 3.63) is 63.1 Å². The van der Waals surface area contributed by atoms with E-state index in [4.69, 9.17) is 0 Å². The second-order valence-electron chi connectivity index (χ2n) is 6.56. The van der Waals surface area contributed by atoms with Crippen LogP contribution in [0.25, 0.3) is 0 Å². The van der Waals surface area contributed by atoms with Gasteiger partial charge in [0.05, 0.1) is 11.3 Å². The second-order valence-corrected chi connectivity index (χ2v) is 6.56. The smallest absolute Gasteiger partial charge is 0.257 e. The second kappa shape index (κ2) is 5.54.